The number of rotatable bonds is 3. The molecule has 3 amide bonds. The summed E-state index contributed by atoms with van der Waals surface area (Å²) < 4.78 is 0. The van der Waals surface area contributed by atoms with Crippen LogP contribution in [0.2, 0.25) is 0 Å². The Kier molecular flexibility index (Phi) is 5.11. The molecule has 1 fully saturated rings. The van der Waals surface area contributed by atoms with Crippen molar-refractivity contribution in [2.75, 3.05) is 13.1 Å². The van der Waals surface area contributed by atoms with Crippen molar-refractivity contribution in [2.24, 2.45) is 5.10 Å². The molecule has 1 aromatic rings. The number of carbonyl (C=O) groups excluding carboxylic acids is 3. The predicted octanol–water partition coefficient (Wildman–Crippen LogP) is 0.982. The topological polar surface area (TPSA) is 90.9 Å². The average Bonchev–Trinajstić information content (AvgIpc) is 2.63. The van der Waals surface area contributed by atoms with Crippen molar-refractivity contribution in [1.82, 2.24) is 15.6 Å². The summed E-state index contributed by atoms with van der Waals surface area (Å²) in [5.74, 6) is -0.369. The lowest BCUT2D eigenvalue weighted by molar-refractivity contribution is -0.121. The predicted molar refractivity (Wildman–Crippen MR) is 93.1 cm³/mol. The molecular weight excluding hydrogens is 320 g/mol. The van der Waals surface area contributed by atoms with Crippen LogP contribution in [0.5, 0.6) is 0 Å². The van der Waals surface area contributed by atoms with E-state index in [-0.39, 0.29) is 30.2 Å². The lowest BCUT2D eigenvalue weighted by Crippen LogP contribution is -2.48. The Labute approximate surface area is 146 Å². The van der Waals surface area contributed by atoms with Gasteiger partial charge in [0.2, 0.25) is 5.91 Å². The highest BCUT2D eigenvalue weighted by Gasteiger charge is 2.26. The van der Waals surface area contributed by atoms with Gasteiger partial charge in [-0.2, -0.15) is 5.10 Å². The van der Waals surface area contributed by atoms with E-state index < -0.39 is 0 Å². The molecule has 1 saturated heterocycles. The third-order valence-electron chi connectivity index (χ3n) is 4.58. The molecule has 0 saturated carbocycles. The van der Waals surface area contributed by atoms with Crippen LogP contribution in [0, 0.1) is 6.92 Å². The Hall–Kier alpha value is -2.70. The molecule has 2 aliphatic heterocycles. The zero-order chi connectivity index (χ0) is 17.8. The first-order chi connectivity index (χ1) is 12.0. The minimum Gasteiger partial charge on any atom is -0.348 e. The lowest BCUT2D eigenvalue weighted by atomic mass is 10.0. The van der Waals surface area contributed by atoms with Crippen molar-refractivity contribution < 1.29 is 14.4 Å². The smallest absolute Gasteiger partial charge is 0.267 e. The Balaban J connectivity index is 1.50. The summed E-state index contributed by atoms with van der Waals surface area (Å²) in [6, 6.07) is 7.59. The number of likely N-dealkylation sites (tertiary alicyclic amines) is 1. The van der Waals surface area contributed by atoms with Crippen molar-refractivity contribution in [3.8, 4) is 0 Å². The molecule has 7 heteroatoms. The summed E-state index contributed by atoms with van der Waals surface area (Å²) in [6.45, 7) is 3.21. The van der Waals surface area contributed by atoms with Crippen LogP contribution in [0.25, 0.3) is 0 Å². The van der Waals surface area contributed by atoms with E-state index in [1.807, 2.05) is 36.1 Å². The van der Waals surface area contributed by atoms with E-state index in [1.54, 1.807) is 0 Å². The van der Waals surface area contributed by atoms with E-state index in [0.717, 1.165) is 5.56 Å². The number of nitrogens with zero attached hydrogens (tertiary/aromatic N) is 2. The molecule has 2 aliphatic rings. The van der Waals surface area contributed by atoms with Gasteiger partial charge < -0.3 is 10.2 Å². The van der Waals surface area contributed by atoms with Gasteiger partial charge in [0.25, 0.3) is 11.8 Å². The van der Waals surface area contributed by atoms with E-state index >= 15 is 0 Å². The molecule has 3 rings (SSSR count). The molecule has 0 bridgehead atoms. The van der Waals surface area contributed by atoms with Crippen LogP contribution in [0.1, 0.15) is 41.6 Å². The van der Waals surface area contributed by atoms with Gasteiger partial charge in [-0.15, -0.1) is 0 Å². The normalized spacial score (nSPS) is 18.4. The lowest BCUT2D eigenvalue weighted by Gasteiger charge is -2.32. The van der Waals surface area contributed by atoms with E-state index in [0.29, 0.717) is 43.6 Å². The summed E-state index contributed by atoms with van der Waals surface area (Å²) in [4.78, 5) is 37.6. The van der Waals surface area contributed by atoms with E-state index in [2.05, 4.69) is 15.8 Å². The molecule has 0 atom stereocenters. The second-order valence-electron chi connectivity index (χ2n) is 6.50. The maximum atomic E-state index is 12.5. The fraction of sp³-hybridized carbons (Fsp3) is 0.444. The number of aryl methyl sites for hydroxylation is 1. The molecular formula is C18H22N4O3. The van der Waals surface area contributed by atoms with Crippen LogP contribution in [-0.2, 0) is 9.59 Å². The van der Waals surface area contributed by atoms with E-state index in [9.17, 15) is 14.4 Å². The van der Waals surface area contributed by atoms with Crippen molar-refractivity contribution in [3.63, 3.8) is 0 Å². The SMILES string of the molecule is Cc1ccc(C(=O)N2CCC(NC(=O)C3=NNC(=O)CC3)CC2)cc1. The molecule has 0 aliphatic carbocycles. The first kappa shape index (κ1) is 17.1. The van der Waals surface area contributed by atoms with Crippen LogP contribution in [0.4, 0.5) is 0 Å². The van der Waals surface area contributed by atoms with E-state index in [4.69, 9.17) is 0 Å². The van der Waals surface area contributed by atoms with Crippen molar-refractivity contribution >= 4 is 23.4 Å². The Morgan fingerprint density at radius 3 is 2.44 bits per heavy atom. The molecule has 2 heterocycles. The summed E-state index contributed by atoms with van der Waals surface area (Å²) in [7, 11) is 0. The first-order valence-corrected chi connectivity index (χ1v) is 8.55. The van der Waals surface area contributed by atoms with Gasteiger partial charge >= 0.3 is 0 Å². The van der Waals surface area contributed by atoms with Crippen LogP contribution in [-0.4, -0.2) is 47.5 Å². The number of hydrogen-bond donors (Lipinski definition) is 2. The van der Waals surface area contributed by atoms with Gasteiger partial charge in [0.1, 0.15) is 5.71 Å². The van der Waals surface area contributed by atoms with Crippen molar-refractivity contribution in [1.29, 1.82) is 0 Å². The first-order valence-electron chi connectivity index (χ1n) is 8.55. The number of nitrogens with one attached hydrogen (secondary N) is 2. The molecule has 132 valence electrons. The molecule has 1 aromatic carbocycles. The van der Waals surface area contributed by atoms with E-state index in [1.165, 1.54) is 0 Å². The molecule has 0 unspecified atom stereocenters. The van der Waals surface area contributed by atoms with Gasteiger partial charge in [-0.1, -0.05) is 17.7 Å². The monoisotopic (exact) mass is 342 g/mol. The minimum atomic E-state index is -0.233. The molecule has 7 nitrogen and oxygen atoms in total. The molecule has 0 radical (unpaired) electrons. The van der Waals surface area contributed by atoms with Gasteiger partial charge in [0, 0.05) is 37.5 Å². The second-order valence-corrected chi connectivity index (χ2v) is 6.50. The number of amides is 3. The number of hydrazone groups is 1. The van der Waals surface area contributed by atoms with Gasteiger partial charge in [-0.05, 0) is 31.9 Å². The van der Waals surface area contributed by atoms with Crippen molar-refractivity contribution in [2.45, 2.75) is 38.6 Å². The fourth-order valence-corrected chi connectivity index (χ4v) is 3.01. The molecule has 0 spiro atoms. The van der Waals surface area contributed by atoms with Crippen molar-refractivity contribution in [3.05, 3.63) is 35.4 Å². The fourth-order valence-electron chi connectivity index (χ4n) is 3.01. The molecule has 2 N–H and O–H groups in total. The van der Waals surface area contributed by atoms with Crippen LogP contribution in [0.15, 0.2) is 29.4 Å². The summed E-state index contributed by atoms with van der Waals surface area (Å²) in [5.41, 5.74) is 4.51. The van der Waals surface area contributed by atoms with Crippen LogP contribution in [0.3, 0.4) is 0 Å². The van der Waals surface area contributed by atoms with Crippen LogP contribution >= 0.6 is 0 Å². The van der Waals surface area contributed by atoms with Gasteiger partial charge in [0.05, 0.1) is 0 Å². The third kappa shape index (κ3) is 4.23. The highest BCUT2D eigenvalue weighted by Crippen LogP contribution is 2.15. The molecule has 0 aromatic heterocycles. The highest BCUT2D eigenvalue weighted by atomic mass is 16.2. The quantitative estimate of drug-likeness (QED) is 0.858. The number of carbonyl (C=O) groups is 3. The molecule has 25 heavy (non-hydrogen) atoms. The zero-order valence-corrected chi connectivity index (χ0v) is 14.2. The maximum absolute atomic E-state index is 12.5. The summed E-state index contributed by atoms with van der Waals surface area (Å²) in [5, 5.41) is 6.76. The largest absolute Gasteiger partial charge is 0.348 e. The zero-order valence-electron chi connectivity index (χ0n) is 14.2. The Morgan fingerprint density at radius 2 is 1.84 bits per heavy atom. The third-order valence-corrected chi connectivity index (χ3v) is 4.58. The van der Waals surface area contributed by atoms with Gasteiger partial charge in [-0.25, -0.2) is 5.43 Å². The number of benzene rings is 1. The summed E-state index contributed by atoms with van der Waals surface area (Å²) in [6.07, 6.45) is 2.07. The summed E-state index contributed by atoms with van der Waals surface area (Å²) >= 11 is 0. The number of piperidine rings is 1. The minimum absolute atomic E-state index is 0.0231. The Morgan fingerprint density at radius 1 is 1.16 bits per heavy atom. The number of hydrogen-bond acceptors (Lipinski definition) is 4. The average molecular weight is 342 g/mol. The van der Waals surface area contributed by atoms with Gasteiger partial charge in [-0.3, -0.25) is 14.4 Å². The van der Waals surface area contributed by atoms with Gasteiger partial charge in [0.15, 0.2) is 0 Å². The maximum Gasteiger partial charge on any atom is 0.267 e. The standard InChI is InChI=1S/C18H22N4O3/c1-12-2-4-13(5-3-12)18(25)22-10-8-14(9-11-22)19-17(24)15-6-7-16(23)21-20-15/h2-5,14H,6-11H2,1H3,(H,19,24)(H,21,23). The second kappa shape index (κ2) is 7.46. The highest BCUT2D eigenvalue weighted by molar-refractivity contribution is 6.39. The van der Waals surface area contributed by atoms with Crippen LogP contribution < -0.4 is 10.7 Å². The Bertz CT molecular complexity index is 704.